The van der Waals surface area contributed by atoms with E-state index in [4.69, 9.17) is 0 Å². The number of benzene rings is 1. The monoisotopic (exact) mass is 392 g/mol. The summed E-state index contributed by atoms with van der Waals surface area (Å²) in [5.74, 6) is 1.19. The molecule has 1 spiro atoms. The lowest BCUT2D eigenvalue weighted by Crippen LogP contribution is -2.38. The quantitative estimate of drug-likeness (QED) is 0.820. The largest absolute Gasteiger partial charge is 0.263 e. The van der Waals surface area contributed by atoms with E-state index in [1.165, 1.54) is 24.3 Å². The first-order valence-corrected chi connectivity index (χ1v) is 11.2. The van der Waals surface area contributed by atoms with Crippen LogP contribution in [-0.2, 0) is 22.2 Å². The van der Waals surface area contributed by atoms with E-state index in [0.29, 0.717) is 18.7 Å². The van der Waals surface area contributed by atoms with E-state index in [1.807, 2.05) is 0 Å². The molecule has 2 heterocycles. The molecular weight excluding hydrogens is 367 g/mol. The summed E-state index contributed by atoms with van der Waals surface area (Å²) in [4.78, 5) is 4.64. The average Bonchev–Trinajstić information content (AvgIpc) is 3.21. The van der Waals surface area contributed by atoms with Crippen molar-refractivity contribution in [3.63, 3.8) is 0 Å². The highest BCUT2D eigenvalue weighted by molar-refractivity contribution is 7.88. The van der Waals surface area contributed by atoms with E-state index in [0.717, 1.165) is 43.8 Å². The Labute approximate surface area is 159 Å². The fourth-order valence-corrected chi connectivity index (χ4v) is 5.95. The number of hydrogen-bond acceptors (Lipinski definition) is 4. The van der Waals surface area contributed by atoms with Crippen LogP contribution in [0.5, 0.6) is 0 Å². The lowest BCUT2D eigenvalue weighted by molar-refractivity contribution is 0.127. The number of nitrogens with zero attached hydrogens (tertiary/aromatic N) is 3. The third-order valence-corrected chi connectivity index (χ3v) is 7.73. The van der Waals surface area contributed by atoms with Crippen LogP contribution in [0.1, 0.15) is 55.7 Å². The molecule has 1 aliphatic heterocycles. The Morgan fingerprint density at radius 3 is 2.67 bits per heavy atom. The second-order valence-electron chi connectivity index (χ2n) is 7.83. The van der Waals surface area contributed by atoms with Crippen molar-refractivity contribution in [2.75, 3.05) is 13.1 Å². The Hall–Kier alpha value is -1.80. The van der Waals surface area contributed by atoms with E-state index < -0.39 is 10.0 Å². The Kier molecular flexibility index (Phi) is 4.80. The van der Waals surface area contributed by atoms with Crippen molar-refractivity contribution in [1.82, 2.24) is 19.5 Å². The lowest BCUT2D eigenvalue weighted by Gasteiger charge is -2.41. The second-order valence-corrected chi connectivity index (χ2v) is 9.80. The maximum Gasteiger partial charge on any atom is 0.218 e. The molecule has 1 N–H and O–H groups in total. The fraction of sp³-hybridized carbons (Fsp3) is 0.579. The van der Waals surface area contributed by atoms with Crippen molar-refractivity contribution in [2.45, 2.75) is 50.7 Å². The van der Waals surface area contributed by atoms with Crippen molar-refractivity contribution in [2.24, 2.45) is 5.41 Å². The molecule has 1 aromatic carbocycles. The molecule has 1 saturated carbocycles. The highest BCUT2D eigenvalue weighted by Crippen LogP contribution is 2.55. The Balaban J connectivity index is 1.55. The number of H-pyrrole nitrogens is 1. The smallest absolute Gasteiger partial charge is 0.218 e. The normalized spacial score (nSPS) is 22.2. The topological polar surface area (TPSA) is 79.0 Å². The van der Waals surface area contributed by atoms with Crippen LogP contribution in [0.2, 0.25) is 0 Å². The second kappa shape index (κ2) is 6.98. The fourth-order valence-electron chi connectivity index (χ4n) is 4.33. The van der Waals surface area contributed by atoms with E-state index in [-0.39, 0.29) is 22.9 Å². The Bertz CT molecular complexity index is 906. The van der Waals surface area contributed by atoms with Gasteiger partial charge in [0, 0.05) is 25.4 Å². The molecule has 1 atom stereocenters. The molecule has 4 rings (SSSR count). The van der Waals surface area contributed by atoms with E-state index >= 15 is 0 Å². The third kappa shape index (κ3) is 3.52. The van der Waals surface area contributed by atoms with Crippen LogP contribution in [0.3, 0.4) is 0 Å². The summed E-state index contributed by atoms with van der Waals surface area (Å²) in [7, 11) is -3.47. The molecule has 0 bridgehead atoms. The highest BCUT2D eigenvalue weighted by Gasteiger charge is 2.54. The molecule has 2 fully saturated rings. The van der Waals surface area contributed by atoms with Gasteiger partial charge < -0.3 is 0 Å². The van der Waals surface area contributed by atoms with Crippen LogP contribution in [0.15, 0.2) is 24.3 Å². The molecule has 0 amide bonds. The molecule has 0 radical (unpaired) electrons. The molecular formula is C19H25FN4O2S. The summed E-state index contributed by atoms with van der Waals surface area (Å²) < 4.78 is 40.7. The number of sulfonamides is 1. The predicted molar refractivity (Wildman–Crippen MR) is 100.0 cm³/mol. The maximum absolute atomic E-state index is 13.1. The standard InChI is InChI=1S/C19H25FN4O2S/c1-2-4-17-21-18(23-22-17)16-11-24(13-19(16)9-3-10-19)27(25,26)12-14-5-7-15(20)8-6-14/h5-8,16H,2-4,9-13H2,1H3,(H,21,22,23). The molecule has 8 heteroatoms. The van der Waals surface area contributed by atoms with Crippen LogP contribution >= 0.6 is 0 Å². The first kappa shape index (κ1) is 18.6. The molecule has 1 aromatic heterocycles. The van der Waals surface area contributed by atoms with Crippen molar-refractivity contribution >= 4 is 10.0 Å². The van der Waals surface area contributed by atoms with E-state index in [2.05, 4.69) is 22.1 Å². The van der Waals surface area contributed by atoms with Gasteiger partial charge in [0.15, 0.2) is 5.82 Å². The molecule has 1 aliphatic carbocycles. The number of aromatic nitrogens is 3. The van der Waals surface area contributed by atoms with Gasteiger partial charge in [0.2, 0.25) is 10.0 Å². The Morgan fingerprint density at radius 2 is 2.04 bits per heavy atom. The summed E-state index contributed by atoms with van der Waals surface area (Å²) in [5.41, 5.74) is 0.562. The lowest BCUT2D eigenvalue weighted by atomic mass is 9.62. The molecule has 6 nitrogen and oxygen atoms in total. The number of rotatable bonds is 6. The zero-order valence-electron chi connectivity index (χ0n) is 15.5. The summed E-state index contributed by atoms with van der Waals surface area (Å²) in [6.07, 6.45) is 4.98. The van der Waals surface area contributed by atoms with Gasteiger partial charge in [0.1, 0.15) is 11.6 Å². The summed E-state index contributed by atoms with van der Waals surface area (Å²) in [6, 6.07) is 5.67. The number of halogens is 1. The van der Waals surface area contributed by atoms with Gasteiger partial charge in [-0.15, -0.1) is 0 Å². The molecule has 1 unspecified atom stereocenters. The molecule has 27 heavy (non-hydrogen) atoms. The van der Waals surface area contributed by atoms with Gasteiger partial charge >= 0.3 is 0 Å². The van der Waals surface area contributed by atoms with Crippen molar-refractivity contribution < 1.29 is 12.8 Å². The summed E-state index contributed by atoms with van der Waals surface area (Å²) in [6.45, 7) is 3.04. The first-order valence-electron chi connectivity index (χ1n) is 9.55. The third-order valence-electron chi connectivity index (χ3n) is 5.97. The van der Waals surface area contributed by atoms with Crippen LogP contribution in [-0.4, -0.2) is 41.0 Å². The summed E-state index contributed by atoms with van der Waals surface area (Å²) >= 11 is 0. The maximum atomic E-state index is 13.1. The van der Waals surface area contributed by atoms with Gasteiger partial charge in [-0.25, -0.2) is 22.1 Å². The molecule has 2 aromatic rings. The van der Waals surface area contributed by atoms with Gasteiger partial charge in [-0.05, 0) is 42.4 Å². The van der Waals surface area contributed by atoms with E-state index in [1.54, 1.807) is 4.31 Å². The minimum atomic E-state index is -3.47. The van der Waals surface area contributed by atoms with Crippen LogP contribution in [0, 0.1) is 11.2 Å². The van der Waals surface area contributed by atoms with Crippen molar-refractivity contribution in [3.05, 3.63) is 47.3 Å². The zero-order chi connectivity index (χ0) is 19.1. The highest BCUT2D eigenvalue weighted by atomic mass is 32.2. The predicted octanol–water partition coefficient (Wildman–Crippen LogP) is 3.00. The average molecular weight is 393 g/mol. The number of hydrogen-bond donors (Lipinski definition) is 1. The minimum Gasteiger partial charge on any atom is -0.263 e. The number of aryl methyl sites for hydroxylation is 1. The van der Waals surface area contributed by atoms with Crippen LogP contribution in [0.25, 0.3) is 0 Å². The molecule has 1 saturated heterocycles. The van der Waals surface area contributed by atoms with Crippen molar-refractivity contribution in [3.8, 4) is 0 Å². The van der Waals surface area contributed by atoms with Gasteiger partial charge in [-0.3, -0.25) is 5.10 Å². The first-order chi connectivity index (χ1) is 12.9. The van der Waals surface area contributed by atoms with Gasteiger partial charge in [-0.1, -0.05) is 25.5 Å². The molecule has 146 valence electrons. The van der Waals surface area contributed by atoms with Crippen LogP contribution in [0.4, 0.5) is 4.39 Å². The van der Waals surface area contributed by atoms with Gasteiger partial charge in [0.05, 0.1) is 5.75 Å². The number of aromatic amines is 1. The number of nitrogens with one attached hydrogen (secondary N) is 1. The molecule has 2 aliphatic rings. The Morgan fingerprint density at radius 1 is 1.30 bits per heavy atom. The zero-order valence-corrected chi connectivity index (χ0v) is 16.3. The van der Waals surface area contributed by atoms with Gasteiger partial charge in [0.25, 0.3) is 0 Å². The summed E-state index contributed by atoms with van der Waals surface area (Å²) in [5, 5.41) is 7.41. The van der Waals surface area contributed by atoms with Crippen molar-refractivity contribution in [1.29, 1.82) is 0 Å². The van der Waals surface area contributed by atoms with E-state index in [9.17, 15) is 12.8 Å². The minimum absolute atomic E-state index is 0.0381. The SMILES string of the molecule is CCCc1nc(C2CN(S(=O)(=O)Cc3ccc(F)cc3)CC23CCC3)n[nH]1. The van der Waals surface area contributed by atoms with Gasteiger partial charge in [-0.2, -0.15) is 5.10 Å². The van der Waals surface area contributed by atoms with Crippen LogP contribution < -0.4 is 0 Å².